The molecule has 106 valence electrons. The van der Waals surface area contributed by atoms with Crippen molar-refractivity contribution in [3.8, 4) is 22.8 Å². The van der Waals surface area contributed by atoms with Crippen LogP contribution in [0.15, 0.2) is 48.5 Å². The zero-order chi connectivity index (χ0) is 14.8. The highest BCUT2D eigenvalue weighted by atomic mass is 16.5. The summed E-state index contributed by atoms with van der Waals surface area (Å²) in [5.74, 6) is 2.29. The normalized spacial score (nSPS) is 10.6. The van der Waals surface area contributed by atoms with Gasteiger partial charge in [0, 0.05) is 11.3 Å². The molecule has 3 rings (SSSR count). The number of aromatic nitrogens is 3. The molecule has 0 spiro atoms. The second-order valence-electron chi connectivity index (χ2n) is 4.72. The topological polar surface area (TPSA) is 66.0 Å². The maximum atomic E-state index is 5.86. The first kappa shape index (κ1) is 13.2. The molecule has 3 aromatic rings. The van der Waals surface area contributed by atoms with Gasteiger partial charge in [-0.2, -0.15) is 5.10 Å². The standard InChI is InChI=1S/C16H16N4O/c1-11-18-16(12-4-3-5-13(17)10-12)20(19-11)14-6-8-15(21-2)9-7-14/h3-10H,17H2,1-2H3. The third-order valence-electron chi connectivity index (χ3n) is 3.17. The molecule has 5 heteroatoms. The molecule has 0 aliphatic carbocycles. The summed E-state index contributed by atoms with van der Waals surface area (Å²) in [4.78, 5) is 4.51. The van der Waals surface area contributed by atoms with E-state index in [9.17, 15) is 0 Å². The van der Waals surface area contributed by atoms with Crippen LogP contribution in [0.4, 0.5) is 5.69 Å². The maximum Gasteiger partial charge on any atom is 0.163 e. The van der Waals surface area contributed by atoms with Crippen molar-refractivity contribution in [3.05, 3.63) is 54.4 Å². The molecule has 0 saturated carbocycles. The molecule has 0 amide bonds. The highest BCUT2D eigenvalue weighted by Gasteiger charge is 2.12. The van der Waals surface area contributed by atoms with Crippen molar-refractivity contribution in [1.29, 1.82) is 0 Å². The monoisotopic (exact) mass is 280 g/mol. The van der Waals surface area contributed by atoms with Crippen molar-refractivity contribution >= 4 is 5.69 Å². The molecule has 0 atom stereocenters. The molecule has 1 aromatic heterocycles. The second kappa shape index (κ2) is 5.28. The smallest absolute Gasteiger partial charge is 0.163 e. The van der Waals surface area contributed by atoms with Gasteiger partial charge in [0.2, 0.25) is 0 Å². The molecule has 0 saturated heterocycles. The predicted octanol–water partition coefficient (Wildman–Crippen LogP) is 2.83. The Balaban J connectivity index is 2.10. The maximum absolute atomic E-state index is 5.86. The number of nitrogens with zero attached hydrogens (tertiary/aromatic N) is 3. The lowest BCUT2D eigenvalue weighted by molar-refractivity contribution is 0.414. The summed E-state index contributed by atoms with van der Waals surface area (Å²) in [7, 11) is 1.65. The van der Waals surface area contributed by atoms with Crippen LogP contribution in [0, 0.1) is 6.92 Å². The summed E-state index contributed by atoms with van der Waals surface area (Å²) < 4.78 is 6.99. The third-order valence-corrected chi connectivity index (χ3v) is 3.17. The third kappa shape index (κ3) is 2.58. The van der Waals surface area contributed by atoms with Gasteiger partial charge in [0.15, 0.2) is 5.82 Å². The molecule has 0 aliphatic rings. The molecule has 0 radical (unpaired) electrons. The Morgan fingerprint density at radius 2 is 1.86 bits per heavy atom. The summed E-state index contributed by atoms with van der Waals surface area (Å²) in [5, 5.41) is 4.47. The van der Waals surface area contributed by atoms with Crippen molar-refractivity contribution in [2.75, 3.05) is 12.8 Å². The van der Waals surface area contributed by atoms with Crippen LogP contribution in [0.25, 0.3) is 17.1 Å². The Kier molecular flexibility index (Phi) is 3.31. The summed E-state index contributed by atoms with van der Waals surface area (Å²) in [6, 6.07) is 15.3. The van der Waals surface area contributed by atoms with Gasteiger partial charge in [-0.3, -0.25) is 0 Å². The second-order valence-corrected chi connectivity index (χ2v) is 4.72. The Hall–Kier alpha value is -2.82. The predicted molar refractivity (Wildman–Crippen MR) is 82.5 cm³/mol. The fourth-order valence-corrected chi connectivity index (χ4v) is 2.18. The number of anilines is 1. The fraction of sp³-hybridized carbons (Fsp3) is 0.125. The van der Waals surface area contributed by atoms with E-state index in [1.54, 1.807) is 7.11 Å². The van der Waals surface area contributed by atoms with Crippen molar-refractivity contribution in [1.82, 2.24) is 14.8 Å². The van der Waals surface area contributed by atoms with Gasteiger partial charge >= 0.3 is 0 Å². The van der Waals surface area contributed by atoms with E-state index in [1.165, 1.54) is 0 Å². The number of methoxy groups -OCH3 is 1. The first-order valence-corrected chi connectivity index (χ1v) is 6.61. The van der Waals surface area contributed by atoms with Gasteiger partial charge in [-0.15, -0.1) is 0 Å². The number of hydrogen-bond donors (Lipinski definition) is 1. The number of rotatable bonds is 3. The molecule has 0 aliphatic heterocycles. The van der Waals surface area contributed by atoms with Crippen molar-refractivity contribution in [3.63, 3.8) is 0 Å². The zero-order valence-corrected chi connectivity index (χ0v) is 11.9. The molecule has 2 N–H and O–H groups in total. The highest BCUT2D eigenvalue weighted by molar-refractivity contribution is 5.63. The van der Waals surface area contributed by atoms with E-state index in [-0.39, 0.29) is 0 Å². The van der Waals surface area contributed by atoms with Crippen LogP contribution >= 0.6 is 0 Å². The molecule has 2 aromatic carbocycles. The quantitative estimate of drug-likeness (QED) is 0.749. The van der Waals surface area contributed by atoms with Gasteiger partial charge in [-0.05, 0) is 43.3 Å². The van der Waals surface area contributed by atoms with E-state index in [0.29, 0.717) is 11.5 Å². The minimum Gasteiger partial charge on any atom is -0.497 e. The van der Waals surface area contributed by atoms with Crippen LogP contribution in [-0.4, -0.2) is 21.9 Å². The van der Waals surface area contributed by atoms with Crippen LogP contribution in [0.3, 0.4) is 0 Å². The van der Waals surface area contributed by atoms with Crippen LogP contribution in [0.1, 0.15) is 5.82 Å². The van der Waals surface area contributed by atoms with Crippen molar-refractivity contribution < 1.29 is 4.74 Å². The zero-order valence-electron chi connectivity index (χ0n) is 11.9. The lowest BCUT2D eigenvalue weighted by atomic mass is 10.2. The summed E-state index contributed by atoms with van der Waals surface area (Å²) in [6.07, 6.45) is 0. The minimum atomic E-state index is 0.703. The summed E-state index contributed by atoms with van der Waals surface area (Å²) in [5.41, 5.74) is 8.42. The van der Waals surface area contributed by atoms with Crippen LogP contribution < -0.4 is 10.5 Å². The number of nitrogens with two attached hydrogens (primary N) is 1. The SMILES string of the molecule is COc1ccc(-n2nc(C)nc2-c2cccc(N)c2)cc1. The number of benzene rings is 2. The van der Waals surface area contributed by atoms with Crippen molar-refractivity contribution in [2.45, 2.75) is 6.92 Å². The van der Waals surface area contributed by atoms with Crippen LogP contribution in [0.2, 0.25) is 0 Å². The average Bonchev–Trinajstić information content (AvgIpc) is 2.89. The Morgan fingerprint density at radius 3 is 2.52 bits per heavy atom. The van der Waals surface area contributed by atoms with Gasteiger partial charge in [0.05, 0.1) is 12.8 Å². The van der Waals surface area contributed by atoms with Crippen molar-refractivity contribution in [2.24, 2.45) is 0 Å². The molecule has 0 fully saturated rings. The Bertz CT molecular complexity index is 762. The van der Waals surface area contributed by atoms with E-state index in [4.69, 9.17) is 10.5 Å². The minimum absolute atomic E-state index is 0.703. The van der Waals surface area contributed by atoms with Gasteiger partial charge in [-0.1, -0.05) is 12.1 Å². The molecular formula is C16H16N4O. The summed E-state index contributed by atoms with van der Waals surface area (Å²) in [6.45, 7) is 1.87. The molecule has 1 heterocycles. The van der Waals surface area contributed by atoms with E-state index in [0.717, 1.165) is 22.8 Å². The van der Waals surface area contributed by atoms with Gasteiger partial charge < -0.3 is 10.5 Å². The van der Waals surface area contributed by atoms with Gasteiger partial charge in [0.25, 0.3) is 0 Å². The highest BCUT2D eigenvalue weighted by Crippen LogP contribution is 2.24. The van der Waals surface area contributed by atoms with E-state index in [1.807, 2.05) is 60.1 Å². The molecule has 0 bridgehead atoms. The molecule has 21 heavy (non-hydrogen) atoms. The fourth-order valence-electron chi connectivity index (χ4n) is 2.18. The molecule has 5 nitrogen and oxygen atoms in total. The number of aryl methyl sites for hydroxylation is 1. The van der Waals surface area contributed by atoms with Crippen LogP contribution in [0.5, 0.6) is 5.75 Å². The van der Waals surface area contributed by atoms with E-state index >= 15 is 0 Å². The Morgan fingerprint density at radius 1 is 1.10 bits per heavy atom. The van der Waals surface area contributed by atoms with Crippen LogP contribution in [-0.2, 0) is 0 Å². The molecule has 0 unspecified atom stereocenters. The number of ether oxygens (including phenoxy) is 1. The first-order chi connectivity index (χ1) is 10.2. The van der Waals surface area contributed by atoms with E-state index < -0.39 is 0 Å². The lowest BCUT2D eigenvalue weighted by Gasteiger charge is -2.07. The first-order valence-electron chi connectivity index (χ1n) is 6.61. The summed E-state index contributed by atoms with van der Waals surface area (Å²) >= 11 is 0. The lowest BCUT2D eigenvalue weighted by Crippen LogP contribution is -2.00. The number of nitrogen functional groups attached to an aromatic ring is 1. The molecular weight excluding hydrogens is 264 g/mol. The largest absolute Gasteiger partial charge is 0.497 e. The number of hydrogen-bond acceptors (Lipinski definition) is 4. The average molecular weight is 280 g/mol. The van der Waals surface area contributed by atoms with E-state index in [2.05, 4.69) is 10.1 Å². The Labute approximate surface area is 123 Å². The van der Waals surface area contributed by atoms with Gasteiger partial charge in [-0.25, -0.2) is 9.67 Å². The van der Waals surface area contributed by atoms with Gasteiger partial charge in [0.1, 0.15) is 11.6 Å².